The number of aryl methyl sites for hydroxylation is 2. The largest absolute Gasteiger partial charge is 1.00 e. The Kier molecular flexibility index (Phi) is 6.73. The van der Waals surface area contributed by atoms with Gasteiger partial charge in [0.15, 0.2) is 0 Å². The van der Waals surface area contributed by atoms with Crippen LogP contribution < -0.4 is 43.5 Å². The molecule has 3 nitrogen and oxygen atoms in total. The summed E-state index contributed by atoms with van der Waals surface area (Å²) in [7, 11) is 0. The van der Waals surface area contributed by atoms with E-state index in [2.05, 4.69) is 0 Å². The molecule has 100 valence electrons. The van der Waals surface area contributed by atoms with Gasteiger partial charge in [0, 0.05) is 0 Å². The van der Waals surface area contributed by atoms with E-state index in [0.717, 1.165) is 11.1 Å². The Hall–Kier alpha value is -0.350. The van der Waals surface area contributed by atoms with Crippen LogP contribution in [0.25, 0.3) is 0 Å². The van der Waals surface area contributed by atoms with E-state index in [0.29, 0.717) is 11.5 Å². The number of rotatable bonds is 4. The topological polar surface area (TPSA) is 41.5 Å². The second kappa shape index (κ2) is 7.60. The molecule has 0 fully saturated rings. The van der Waals surface area contributed by atoms with Crippen LogP contribution in [0.4, 0.5) is 0 Å². The third kappa shape index (κ3) is 4.88. The molecule has 0 N–H and O–H groups in total. The molecule has 2 rings (SSSR count). The van der Waals surface area contributed by atoms with Crippen LogP contribution in [0, 0.1) is 13.8 Å². The van der Waals surface area contributed by atoms with Crippen LogP contribution in [0.15, 0.2) is 48.5 Å². The van der Waals surface area contributed by atoms with Crippen molar-refractivity contribution in [1.82, 2.24) is 0 Å². The normalized spacial score (nSPS) is 10.6. The fourth-order valence-corrected chi connectivity index (χ4v) is 2.99. The summed E-state index contributed by atoms with van der Waals surface area (Å²) in [4.78, 5) is 12.2. The predicted octanol–water partition coefficient (Wildman–Crippen LogP) is 0.350. The molecule has 0 aromatic heterocycles. The van der Waals surface area contributed by atoms with E-state index in [9.17, 15) is 4.89 Å². The molecule has 20 heavy (non-hydrogen) atoms. The first kappa shape index (κ1) is 17.7. The van der Waals surface area contributed by atoms with Crippen molar-refractivity contribution in [2.45, 2.75) is 13.8 Å². The van der Waals surface area contributed by atoms with Crippen LogP contribution in [-0.2, 0) is 11.8 Å². The average Bonchev–Trinajstić information content (AvgIpc) is 2.35. The monoisotopic (exact) mass is 316 g/mol. The third-order valence-corrected chi connectivity index (χ3v) is 3.90. The summed E-state index contributed by atoms with van der Waals surface area (Å²) in [6.07, 6.45) is 0. The summed E-state index contributed by atoms with van der Waals surface area (Å²) in [5.74, 6) is 0.962. The molecule has 0 amide bonds. The summed E-state index contributed by atoms with van der Waals surface area (Å²) >= 11 is 4.94. The summed E-state index contributed by atoms with van der Waals surface area (Å²) in [6, 6.07) is 14.5. The molecule has 0 bridgehead atoms. The van der Waals surface area contributed by atoms with Gasteiger partial charge in [-0.1, -0.05) is 36.4 Å². The second-order valence-corrected chi connectivity index (χ2v) is 6.76. The van der Waals surface area contributed by atoms with E-state index in [4.69, 9.17) is 20.9 Å². The van der Waals surface area contributed by atoms with Crippen molar-refractivity contribution in [1.29, 1.82) is 0 Å². The maximum Gasteiger partial charge on any atom is 1.00 e. The number of hydrogen-bond donors (Lipinski definition) is 0. The number of benzene rings is 2. The minimum Gasteiger partial charge on any atom is -0.760 e. The van der Waals surface area contributed by atoms with E-state index in [1.807, 2.05) is 38.1 Å². The summed E-state index contributed by atoms with van der Waals surface area (Å²) < 4.78 is 10.7. The molecule has 0 heterocycles. The molecule has 0 saturated carbocycles. The van der Waals surface area contributed by atoms with Gasteiger partial charge >= 0.3 is 29.6 Å². The molecular weight excluding hydrogens is 302 g/mol. The van der Waals surface area contributed by atoms with Gasteiger partial charge in [0.1, 0.15) is 11.5 Å². The van der Waals surface area contributed by atoms with Gasteiger partial charge in [0.25, 0.3) is 0 Å². The van der Waals surface area contributed by atoms with Crippen LogP contribution >= 0.6 is 6.72 Å². The molecule has 0 saturated heterocycles. The van der Waals surface area contributed by atoms with E-state index in [1.165, 1.54) is 0 Å². The van der Waals surface area contributed by atoms with Gasteiger partial charge in [-0.3, -0.25) is 0 Å². The Balaban J connectivity index is 0.00000200. The Morgan fingerprint density at radius 2 is 1.20 bits per heavy atom. The van der Waals surface area contributed by atoms with Gasteiger partial charge in [-0.05, 0) is 48.9 Å². The summed E-state index contributed by atoms with van der Waals surface area (Å²) in [6.45, 7) is 0.112. The zero-order valence-corrected chi connectivity index (χ0v) is 15.4. The quantitative estimate of drug-likeness (QED) is 0.603. The van der Waals surface area contributed by atoms with Gasteiger partial charge in [0.2, 0.25) is 6.72 Å². The van der Waals surface area contributed by atoms with E-state index in [-0.39, 0.29) is 29.6 Å². The van der Waals surface area contributed by atoms with E-state index in [1.54, 1.807) is 24.3 Å². The van der Waals surface area contributed by atoms with Gasteiger partial charge < -0.3 is 13.9 Å². The Labute approximate surface area is 146 Å². The fourth-order valence-electron chi connectivity index (χ4n) is 1.58. The zero-order valence-electron chi connectivity index (χ0n) is 11.7. The smallest absolute Gasteiger partial charge is 0.760 e. The second-order valence-electron chi connectivity index (χ2n) is 4.16. The molecule has 0 unspecified atom stereocenters. The molecule has 0 spiro atoms. The number of para-hydroxylation sites is 2. The maximum absolute atomic E-state index is 12.2. The van der Waals surface area contributed by atoms with Crippen LogP contribution in [0.1, 0.15) is 11.1 Å². The van der Waals surface area contributed by atoms with Crippen molar-refractivity contribution in [3.05, 3.63) is 59.7 Å². The van der Waals surface area contributed by atoms with E-state index < -0.39 is 6.72 Å². The molecule has 0 aliphatic heterocycles. The molecule has 2 aromatic carbocycles. The van der Waals surface area contributed by atoms with Crippen LogP contribution in [0.5, 0.6) is 11.5 Å². The van der Waals surface area contributed by atoms with Crippen molar-refractivity contribution >= 4 is 18.5 Å². The standard InChI is InChI=1S/C14H15O3PS.Na/c1-11-7-3-5-9-13(11)16-18(15,19)17-14-10-6-4-8-12(14)2;/h3-10H,1-2H3,(H,15,19);/q;+1/p-1. The molecular formula is C14H14NaO3PS. The van der Waals surface area contributed by atoms with E-state index >= 15 is 0 Å². The first-order valence-corrected chi connectivity index (χ1v) is 8.35. The average molecular weight is 316 g/mol. The van der Waals surface area contributed by atoms with Gasteiger partial charge in [-0.15, -0.1) is 0 Å². The van der Waals surface area contributed by atoms with Crippen LogP contribution in [0.3, 0.4) is 0 Å². The van der Waals surface area contributed by atoms with Gasteiger partial charge in [0.05, 0.1) is 0 Å². The molecule has 0 aliphatic rings. The Morgan fingerprint density at radius 1 is 0.850 bits per heavy atom. The maximum atomic E-state index is 12.2. The Bertz CT molecular complexity index is 582. The molecule has 0 aliphatic carbocycles. The first-order chi connectivity index (χ1) is 8.98. The van der Waals surface area contributed by atoms with Crippen LogP contribution in [0.2, 0.25) is 0 Å². The molecule has 6 heteroatoms. The molecule has 0 radical (unpaired) electrons. The molecule has 0 atom stereocenters. The first-order valence-electron chi connectivity index (χ1n) is 5.79. The van der Waals surface area contributed by atoms with Crippen molar-refractivity contribution in [3.8, 4) is 11.5 Å². The van der Waals surface area contributed by atoms with Crippen molar-refractivity contribution < 1.29 is 43.5 Å². The molecule has 2 aromatic rings. The minimum atomic E-state index is -3.61. The van der Waals surface area contributed by atoms with Crippen LogP contribution in [-0.4, -0.2) is 0 Å². The SMILES string of the molecule is Cc1ccccc1OP([O-])(=S)Oc1ccccc1C.[Na+]. The zero-order chi connectivity index (χ0) is 13.9. The van der Waals surface area contributed by atoms with Crippen molar-refractivity contribution in [3.63, 3.8) is 0 Å². The fraction of sp³-hybridized carbons (Fsp3) is 0.143. The number of hydrogen-bond acceptors (Lipinski definition) is 4. The van der Waals surface area contributed by atoms with Crippen molar-refractivity contribution in [2.24, 2.45) is 0 Å². The van der Waals surface area contributed by atoms with Gasteiger partial charge in [-0.25, -0.2) is 0 Å². The van der Waals surface area contributed by atoms with Gasteiger partial charge in [-0.2, -0.15) is 0 Å². The summed E-state index contributed by atoms with van der Waals surface area (Å²) in [5, 5.41) is 0. The third-order valence-electron chi connectivity index (χ3n) is 2.61. The van der Waals surface area contributed by atoms with Crippen molar-refractivity contribution in [2.75, 3.05) is 0 Å². The summed E-state index contributed by atoms with van der Waals surface area (Å²) in [5.41, 5.74) is 1.72. The minimum absolute atomic E-state index is 0. The predicted molar refractivity (Wildman–Crippen MR) is 77.9 cm³/mol. The Morgan fingerprint density at radius 3 is 1.55 bits per heavy atom.